The lowest BCUT2D eigenvalue weighted by Gasteiger charge is -2.51. The average Bonchev–Trinajstić information content (AvgIpc) is 3.34. The molecule has 5 heterocycles. The number of anilines is 2. The van der Waals surface area contributed by atoms with Crippen LogP contribution in [-0.4, -0.2) is 69.6 Å². The number of aliphatic hydroxyl groups excluding tert-OH is 1. The fraction of sp³-hybridized carbons (Fsp3) is 0.520. The third-order valence-corrected chi connectivity index (χ3v) is 8.37. The molecule has 3 saturated heterocycles. The Morgan fingerprint density at radius 3 is 2.71 bits per heavy atom. The van der Waals surface area contributed by atoms with Crippen LogP contribution < -0.4 is 15.1 Å². The van der Waals surface area contributed by atoms with Gasteiger partial charge in [0.25, 0.3) is 0 Å². The van der Waals surface area contributed by atoms with Gasteiger partial charge in [0.2, 0.25) is 11.9 Å². The zero-order valence-corrected chi connectivity index (χ0v) is 21.8. The van der Waals surface area contributed by atoms with Gasteiger partial charge in [-0.2, -0.15) is 10.1 Å². The van der Waals surface area contributed by atoms with Crippen LogP contribution in [0.3, 0.4) is 0 Å². The molecular formula is C25H30BrN7O2. The average molecular weight is 540 g/mol. The number of nitrogens with zero attached hydrogens (tertiary/aromatic N) is 6. The van der Waals surface area contributed by atoms with E-state index in [1.54, 1.807) is 0 Å². The standard InChI is InChI=1S/C25H30BrN7O2/c1-24(2)12-32(11-19(24)15-8-28-31(3)10-15)21-18-5-4-16(26)6-20(18)29-23(30-21)33-13-25(14-33)7-17(34)9-27-22(25)35/h4-6,8,10,17,19,34H,7,9,11-14H2,1-3H3,(H,27,35). The van der Waals surface area contributed by atoms with Crippen LogP contribution in [0.15, 0.2) is 35.1 Å². The van der Waals surface area contributed by atoms with E-state index in [0.717, 1.165) is 34.3 Å². The number of aliphatic hydroxyl groups is 1. The molecule has 2 atom stereocenters. The Labute approximate surface area is 212 Å². The third-order valence-electron chi connectivity index (χ3n) is 7.87. The van der Waals surface area contributed by atoms with Crippen molar-refractivity contribution in [3.8, 4) is 0 Å². The molecule has 2 unspecified atom stereocenters. The highest BCUT2D eigenvalue weighted by Gasteiger charge is 2.53. The normalized spacial score (nSPS) is 25.2. The number of fused-ring (bicyclic) bond motifs is 1. The molecule has 2 aromatic heterocycles. The quantitative estimate of drug-likeness (QED) is 0.527. The molecule has 35 heavy (non-hydrogen) atoms. The van der Waals surface area contributed by atoms with Crippen LogP contribution in [0.5, 0.6) is 0 Å². The van der Waals surface area contributed by atoms with Crippen molar-refractivity contribution < 1.29 is 9.90 Å². The Morgan fingerprint density at radius 1 is 1.17 bits per heavy atom. The SMILES string of the molecule is Cn1cc(C2CN(c3nc(N4CC5(CC(O)CNC5=O)C4)nc4cc(Br)ccc34)CC2(C)C)cn1. The molecule has 1 aromatic carbocycles. The minimum Gasteiger partial charge on any atom is -0.391 e. The largest absolute Gasteiger partial charge is 0.391 e. The third kappa shape index (κ3) is 3.78. The molecule has 9 nitrogen and oxygen atoms in total. The first-order valence-electron chi connectivity index (χ1n) is 12.1. The van der Waals surface area contributed by atoms with Gasteiger partial charge in [-0.15, -0.1) is 0 Å². The second-order valence-corrected chi connectivity index (χ2v) is 12.0. The topological polar surface area (TPSA) is 99.4 Å². The van der Waals surface area contributed by atoms with E-state index in [9.17, 15) is 9.90 Å². The van der Waals surface area contributed by atoms with Crippen molar-refractivity contribution in [1.29, 1.82) is 0 Å². The molecule has 2 N–H and O–H groups in total. The predicted octanol–water partition coefficient (Wildman–Crippen LogP) is 2.44. The highest BCUT2D eigenvalue weighted by molar-refractivity contribution is 9.10. The molecule has 0 saturated carbocycles. The zero-order valence-electron chi connectivity index (χ0n) is 20.2. The number of nitrogens with one attached hydrogen (secondary N) is 1. The summed E-state index contributed by atoms with van der Waals surface area (Å²) in [5, 5.41) is 18.4. The lowest BCUT2D eigenvalue weighted by molar-refractivity contribution is -0.139. The van der Waals surface area contributed by atoms with E-state index >= 15 is 0 Å². The summed E-state index contributed by atoms with van der Waals surface area (Å²) < 4.78 is 2.83. The van der Waals surface area contributed by atoms with E-state index in [2.05, 4.69) is 62.3 Å². The predicted molar refractivity (Wildman–Crippen MR) is 137 cm³/mol. The van der Waals surface area contributed by atoms with Gasteiger partial charge in [-0.25, -0.2) is 4.98 Å². The summed E-state index contributed by atoms with van der Waals surface area (Å²) in [7, 11) is 1.96. The monoisotopic (exact) mass is 539 g/mol. The Balaban J connectivity index is 1.35. The lowest BCUT2D eigenvalue weighted by Crippen LogP contribution is -2.68. The van der Waals surface area contributed by atoms with Gasteiger partial charge in [-0.05, 0) is 35.6 Å². The second kappa shape index (κ2) is 7.89. The minimum absolute atomic E-state index is 0.0170. The van der Waals surface area contributed by atoms with Gasteiger partial charge in [-0.1, -0.05) is 29.8 Å². The number of amides is 1. The number of rotatable bonds is 3. The molecule has 184 valence electrons. The molecule has 3 aromatic rings. The van der Waals surface area contributed by atoms with Crippen LogP contribution in [0, 0.1) is 10.8 Å². The molecule has 1 amide bonds. The number of carbonyl (C=O) groups excluding carboxylic acids is 1. The Kier molecular flexibility index (Phi) is 5.12. The van der Waals surface area contributed by atoms with E-state index in [1.807, 2.05) is 30.1 Å². The van der Waals surface area contributed by atoms with Crippen molar-refractivity contribution in [2.75, 3.05) is 42.5 Å². The summed E-state index contributed by atoms with van der Waals surface area (Å²) in [6.07, 6.45) is 4.06. The lowest BCUT2D eigenvalue weighted by atomic mass is 9.72. The van der Waals surface area contributed by atoms with Crippen LogP contribution in [0.1, 0.15) is 31.7 Å². The van der Waals surface area contributed by atoms with Crippen LogP contribution in [0.25, 0.3) is 10.9 Å². The fourth-order valence-corrected chi connectivity index (χ4v) is 6.39. The van der Waals surface area contributed by atoms with Crippen LogP contribution in [0.2, 0.25) is 0 Å². The summed E-state index contributed by atoms with van der Waals surface area (Å²) in [5.74, 6) is 1.90. The number of piperidine rings is 1. The summed E-state index contributed by atoms with van der Waals surface area (Å²) >= 11 is 3.59. The molecule has 3 aliphatic rings. The molecule has 1 spiro atoms. The Hall–Kier alpha value is -2.72. The van der Waals surface area contributed by atoms with Crippen LogP contribution in [0.4, 0.5) is 11.8 Å². The van der Waals surface area contributed by atoms with Gasteiger partial charge in [-0.3, -0.25) is 9.48 Å². The number of aromatic nitrogens is 4. The molecule has 3 fully saturated rings. The summed E-state index contributed by atoms with van der Waals surface area (Å²) in [6, 6.07) is 6.13. The van der Waals surface area contributed by atoms with Crippen molar-refractivity contribution in [3.05, 3.63) is 40.6 Å². The Morgan fingerprint density at radius 2 is 1.97 bits per heavy atom. The molecule has 6 rings (SSSR count). The molecule has 3 aliphatic heterocycles. The molecule has 0 aliphatic carbocycles. The van der Waals surface area contributed by atoms with Crippen molar-refractivity contribution in [2.45, 2.75) is 32.3 Å². The van der Waals surface area contributed by atoms with Crippen LogP contribution >= 0.6 is 15.9 Å². The van der Waals surface area contributed by atoms with Gasteiger partial charge in [0.05, 0.1) is 23.2 Å². The van der Waals surface area contributed by atoms with Gasteiger partial charge >= 0.3 is 0 Å². The van der Waals surface area contributed by atoms with Gasteiger partial charge < -0.3 is 20.2 Å². The number of benzene rings is 1. The van der Waals surface area contributed by atoms with Gasteiger partial charge in [0.15, 0.2) is 0 Å². The first kappa shape index (κ1) is 22.7. The van der Waals surface area contributed by atoms with Crippen molar-refractivity contribution in [2.24, 2.45) is 17.9 Å². The number of hydrogen-bond acceptors (Lipinski definition) is 7. The second-order valence-electron chi connectivity index (χ2n) is 11.1. The van der Waals surface area contributed by atoms with Crippen LogP contribution in [-0.2, 0) is 11.8 Å². The van der Waals surface area contributed by atoms with Crippen molar-refractivity contribution in [3.63, 3.8) is 0 Å². The Bertz CT molecular complexity index is 1320. The van der Waals surface area contributed by atoms with Gasteiger partial charge in [0.1, 0.15) is 5.82 Å². The summed E-state index contributed by atoms with van der Waals surface area (Å²) in [4.78, 5) is 27.0. The van der Waals surface area contributed by atoms with E-state index in [1.165, 1.54) is 5.56 Å². The highest BCUT2D eigenvalue weighted by Crippen LogP contribution is 2.46. The number of carbonyl (C=O) groups is 1. The zero-order chi connectivity index (χ0) is 24.5. The molecular weight excluding hydrogens is 510 g/mol. The molecule has 0 radical (unpaired) electrons. The molecule has 10 heteroatoms. The van der Waals surface area contributed by atoms with E-state index in [4.69, 9.17) is 9.97 Å². The maximum absolute atomic E-state index is 12.6. The smallest absolute Gasteiger partial charge is 0.230 e. The van der Waals surface area contributed by atoms with E-state index < -0.39 is 11.5 Å². The highest BCUT2D eigenvalue weighted by atomic mass is 79.9. The number of halogens is 1. The maximum Gasteiger partial charge on any atom is 0.230 e. The summed E-state index contributed by atoms with van der Waals surface area (Å²) in [6.45, 7) is 7.67. The van der Waals surface area contributed by atoms with Crippen molar-refractivity contribution in [1.82, 2.24) is 25.1 Å². The van der Waals surface area contributed by atoms with E-state index in [-0.39, 0.29) is 11.3 Å². The summed E-state index contributed by atoms with van der Waals surface area (Å²) in [5.41, 5.74) is 1.60. The number of β-amino-alcohol motifs (C(OH)–C–C–N with tert-alkyl or cyclic N) is 1. The van der Waals surface area contributed by atoms with Crippen molar-refractivity contribution >= 4 is 44.5 Å². The maximum atomic E-state index is 12.6. The van der Waals surface area contributed by atoms with E-state index in [0.29, 0.717) is 37.9 Å². The fourth-order valence-electron chi connectivity index (χ4n) is 6.04. The minimum atomic E-state index is -0.561. The number of aryl methyl sites for hydroxylation is 1. The first-order valence-corrected chi connectivity index (χ1v) is 12.8. The molecule has 0 bridgehead atoms. The first-order chi connectivity index (χ1) is 16.6. The van der Waals surface area contributed by atoms with Gasteiger partial charge in [0, 0.05) is 61.7 Å². The number of hydrogen-bond donors (Lipinski definition) is 2.